The molecule has 0 aromatic heterocycles. The molecule has 1 rings (SSSR count). The van der Waals surface area contributed by atoms with Gasteiger partial charge in [0.1, 0.15) is 0 Å². The molecular formula is C10H22OSi3. The molecule has 0 amide bonds. The first kappa shape index (κ1) is 12.2. The van der Waals surface area contributed by atoms with Gasteiger partial charge in [-0.3, -0.25) is 0 Å². The molecule has 0 unspecified atom stereocenters. The Labute approximate surface area is 90.6 Å². The van der Waals surface area contributed by atoms with E-state index < -0.39 is 22.5 Å². The third kappa shape index (κ3) is 1.44. The summed E-state index contributed by atoms with van der Waals surface area (Å²) in [5.74, 6) is 0. The van der Waals surface area contributed by atoms with Gasteiger partial charge in [0, 0.05) is 14.2 Å². The molecule has 4 heteroatoms. The Balaban J connectivity index is 3.20. The summed E-state index contributed by atoms with van der Waals surface area (Å²) in [4.78, 5) is 0. The standard InChI is InChI=1S/C10H22OSi3/c1-7-14(8-2)11-9-10-12(3,4)13(14,5)6/h7-8H,1-2,9-10H2,3-6H3. The van der Waals surface area contributed by atoms with Gasteiger partial charge < -0.3 is 4.43 Å². The lowest BCUT2D eigenvalue weighted by Gasteiger charge is -2.52. The average molecular weight is 243 g/mol. The second kappa shape index (κ2) is 3.59. The maximum absolute atomic E-state index is 6.11. The van der Waals surface area contributed by atoms with Crippen molar-refractivity contribution in [3.05, 3.63) is 24.6 Å². The Bertz CT molecular complexity index is 250. The topological polar surface area (TPSA) is 9.23 Å². The van der Waals surface area contributed by atoms with E-state index in [0.29, 0.717) is 0 Å². The molecule has 80 valence electrons. The van der Waals surface area contributed by atoms with Gasteiger partial charge in [0.05, 0.1) is 7.11 Å². The van der Waals surface area contributed by atoms with Crippen LogP contribution in [0.4, 0.5) is 0 Å². The lowest BCUT2D eigenvalue weighted by Crippen LogP contribution is -2.75. The highest BCUT2D eigenvalue weighted by molar-refractivity contribution is 7.69. The molecule has 0 bridgehead atoms. The summed E-state index contributed by atoms with van der Waals surface area (Å²) in [5.41, 5.74) is 4.25. The van der Waals surface area contributed by atoms with Crippen molar-refractivity contribution in [2.75, 3.05) is 6.61 Å². The zero-order valence-corrected chi connectivity index (χ0v) is 12.9. The van der Waals surface area contributed by atoms with E-state index in [1.54, 1.807) is 0 Å². The van der Waals surface area contributed by atoms with Crippen LogP contribution in [0.25, 0.3) is 0 Å². The molecule has 0 aliphatic carbocycles. The summed E-state index contributed by atoms with van der Waals surface area (Å²) in [5, 5.41) is 0. The molecule has 0 aromatic rings. The van der Waals surface area contributed by atoms with Crippen LogP contribution < -0.4 is 0 Å². The highest BCUT2D eigenvalue weighted by Gasteiger charge is 2.58. The molecule has 1 nitrogen and oxygen atoms in total. The third-order valence-electron chi connectivity index (χ3n) is 4.34. The minimum Gasteiger partial charge on any atom is -0.412 e. The van der Waals surface area contributed by atoms with Crippen LogP contribution in [0.1, 0.15) is 0 Å². The summed E-state index contributed by atoms with van der Waals surface area (Å²) in [6, 6.07) is 1.32. The largest absolute Gasteiger partial charge is 0.412 e. The van der Waals surface area contributed by atoms with Crippen molar-refractivity contribution >= 4 is 22.5 Å². The fourth-order valence-electron chi connectivity index (χ4n) is 2.21. The summed E-state index contributed by atoms with van der Waals surface area (Å²) in [6.45, 7) is 19.0. The number of hydrogen-bond acceptors (Lipinski definition) is 1. The molecule has 0 radical (unpaired) electrons. The van der Waals surface area contributed by atoms with E-state index in [-0.39, 0.29) is 0 Å². The molecule has 0 saturated carbocycles. The van der Waals surface area contributed by atoms with Crippen molar-refractivity contribution in [3.8, 4) is 0 Å². The molecule has 1 saturated heterocycles. The fourth-order valence-corrected chi connectivity index (χ4v) is 29.9. The van der Waals surface area contributed by atoms with Crippen molar-refractivity contribution in [1.29, 1.82) is 0 Å². The van der Waals surface area contributed by atoms with Crippen LogP contribution in [-0.4, -0.2) is 29.1 Å². The molecule has 0 spiro atoms. The van der Waals surface area contributed by atoms with Crippen LogP contribution in [0.3, 0.4) is 0 Å². The first-order chi connectivity index (χ1) is 6.33. The molecule has 0 aromatic carbocycles. The van der Waals surface area contributed by atoms with E-state index in [2.05, 4.69) is 50.7 Å². The lowest BCUT2D eigenvalue weighted by atomic mass is 10.9. The van der Waals surface area contributed by atoms with E-state index in [0.717, 1.165) is 6.61 Å². The second-order valence-electron chi connectivity index (χ2n) is 5.31. The zero-order chi connectivity index (χ0) is 11.0. The van der Waals surface area contributed by atoms with E-state index in [4.69, 9.17) is 4.43 Å². The predicted octanol–water partition coefficient (Wildman–Crippen LogP) is 2.99. The van der Waals surface area contributed by atoms with Crippen LogP contribution in [0.2, 0.25) is 32.2 Å². The summed E-state index contributed by atoms with van der Waals surface area (Å²) in [7, 11) is -4.11. The summed E-state index contributed by atoms with van der Waals surface area (Å²) in [6.07, 6.45) is 0. The molecule has 14 heavy (non-hydrogen) atoms. The fraction of sp³-hybridized carbons (Fsp3) is 0.600. The van der Waals surface area contributed by atoms with Gasteiger partial charge in [-0.2, -0.15) is 0 Å². The van der Waals surface area contributed by atoms with E-state index in [1.165, 1.54) is 6.04 Å². The minimum atomic E-state index is -1.77. The minimum absolute atomic E-state index is 0.944. The monoisotopic (exact) mass is 242 g/mol. The Morgan fingerprint density at radius 3 is 1.93 bits per heavy atom. The van der Waals surface area contributed by atoms with Gasteiger partial charge in [0.15, 0.2) is 0 Å². The summed E-state index contributed by atoms with van der Waals surface area (Å²) < 4.78 is 6.11. The third-order valence-corrected chi connectivity index (χ3v) is 41.1. The predicted molar refractivity (Wildman–Crippen MR) is 71.9 cm³/mol. The Morgan fingerprint density at radius 2 is 1.57 bits per heavy atom. The second-order valence-corrected chi connectivity index (χ2v) is 30.9. The van der Waals surface area contributed by atoms with Crippen molar-refractivity contribution in [2.45, 2.75) is 32.2 Å². The average Bonchev–Trinajstić information content (AvgIpc) is 2.10. The highest BCUT2D eigenvalue weighted by Crippen LogP contribution is 2.37. The van der Waals surface area contributed by atoms with Crippen molar-refractivity contribution < 1.29 is 4.43 Å². The molecule has 1 heterocycles. The Hall–Kier alpha value is 0.0906. The van der Waals surface area contributed by atoms with Gasteiger partial charge in [-0.25, -0.2) is 0 Å². The van der Waals surface area contributed by atoms with Crippen LogP contribution in [0.5, 0.6) is 0 Å². The molecule has 1 aliphatic rings. The van der Waals surface area contributed by atoms with Crippen LogP contribution >= 0.6 is 0 Å². The van der Waals surface area contributed by atoms with Gasteiger partial charge >= 0.3 is 0 Å². The molecule has 1 fully saturated rings. The number of hydrogen-bond donors (Lipinski definition) is 0. The SMILES string of the molecule is C=C[Si]1(C=C)OCC[Si](C)(C)[Si]1(C)C. The molecule has 0 atom stereocenters. The van der Waals surface area contributed by atoms with Gasteiger partial charge in [-0.05, 0) is 6.04 Å². The normalized spacial score (nSPS) is 28.0. The maximum atomic E-state index is 6.11. The van der Waals surface area contributed by atoms with E-state index in [9.17, 15) is 0 Å². The quantitative estimate of drug-likeness (QED) is 0.677. The van der Waals surface area contributed by atoms with Gasteiger partial charge in [0.25, 0.3) is 0 Å². The van der Waals surface area contributed by atoms with Crippen molar-refractivity contribution in [2.24, 2.45) is 0 Å². The molecular weight excluding hydrogens is 220 g/mol. The Kier molecular flexibility index (Phi) is 3.12. The molecule has 1 aliphatic heterocycles. The van der Waals surface area contributed by atoms with Gasteiger partial charge in [-0.15, -0.1) is 13.2 Å². The first-order valence-electron chi connectivity index (χ1n) is 5.24. The Morgan fingerprint density at radius 1 is 1.07 bits per heavy atom. The van der Waals surface area contributed by atoms with Crippen LogP contribution in [-0.2, 0) is 4.43 Å². The van der Waals surface area contributed by atoms with Crippen molar-refractivity contribution in [1.82, 2.24) is 0 Å². The first-order valence-corrected chi connectivity index (χ1v) is 15.5. The van der Waals surface area contributed by atoms with Gasteiger partial charge in [-0.1, -0.05) is 37.6 Å². The highest BCUT2D eigenvalue weighted by atomic mass is 29.6. The number of rotatable bonds is 2. The summed E-state index contributed by atoms with van der Waals surface area (Å²) >= 11 is 0. The van der Waals surface area contributed by atoms with E-state index >= 15 is 0 Å². The maximum Gasteiger partial charge on any atom is 0.222 e. The molecule has 0 N–H and O–H groups in total. The van der Waals surface area contributed by atoms with Crippen LogP contribution in [0.15, 0.2) is 24.6 Å². The van der Waals surface area contributed by atoms with E-state index in [1.807, 2.05) is 0 Å². The zero-order valence-electron chi connectivity index (χ0n) is 9.89. The lowest BCUT2D eigenvalue weighted by molar-refractivity contribution is 0.343. The van der Waals surface area contributed by atoms with Crippen molar-refractivity contribution in [3.63, 3.8) is 0 Å². The van der Waals surface area contributed by atoms with Crippen LogP contribution in [0, 0.1) is 0 Å². The van der Waals surface area contributed by atoms with Gasteiger partial charge in [0.2, 0.25) is 7.83 Å². The smallest absolute Gasteiger partial charge is 0.222 e.